The highest BCUT2D eigenvalue weighted by molar-refractivity contribution is 5.94. The Bertz CT molecular complexity index is 612. The average Bonchev–Trinajstić information content (AvgIpc) is 2.36. The van der Waals surface area contributed by atoms with Gasteiger partial charge < -0.3 is 4.74 Å². The summed E-state index contributed by atoms with van der Waals surface area (Å²) in [6.07, 6.45) is 1.40. The van der Waals surface area contributed by atoms with Crippen molar-refractivity contribution in [2.24, 2.45) is 4.99 Å². The zero-order chi connectivity index (χ0) is 16.2. The normalized spacial score (nSPS) is 12.2. The summed E-state index contributed by atoms with van der Waals surface area (Å²) in [6, 6.07) is 3.44. The lowest BCUT2D eigenvalue weighted by molar-refractivity contribution is -0.385. The molecule has 1 rings (SSSR count). The molecule has 0 saturated heterocycles. The van der Waals surface area contributed by atoms with Crippen molar-refractivity contribution in [1.29, 1.82) is 0 Å². The zero-order valence-electron chi connectivity index (χ0n) is 12.2. The van der Waals surface area contributed by atoms with Crippen LogP contribution in [0.3, 0.4) is 0 Å². The van der Waals surface area contributed by atoms with Crippen molar-refractivity contribution in [3.05, 3.63) is 39.4 Å². The van der Waals surface area contributed by atoms with Crippen LogP contribution in [-0.2, 0) is 9.53 Å². The van der Waals surface area contributed by atoms with Crippen molar-refractivity contribution in [2.45, 2.75) is 39.3 Å². The van der Waals surface area contributed by atoms with E-state index in [1.807, 2.05) is 0 Å². The number of nitrogens with zero attached hydrogens (tertiary/aromatic N) is 2. The molecule has 21 heavy (non-hydrogen) atoms. The molecular formula is C14H16N2O5. The molecule has 7 nitrogen and oxygen atoms in total. The van der Waals surface area contributed by atoms with E-state index >= 15 is 0 Å². The highest BCUT2D eigenvalue weighted by Crippen LogP contribution is 2.27. The second kappa shape index (κ2) is 6.28. The highest BCUT2D eigenvalue weighted by Gasteiger charge is 2.26. The van der Waals surface area contributed by atoms with E-state index in [2.05, 4.69) is 4.99 Å². The summed E-state index contributed by atoms with van der Waals surface area (Å²) in [5.74, 6) is -0.771. The molecule has 0 bridgehead atoms. The number of esters is 1. The molecule has 112 valence electrons. The van der Waals surface area contributed by atoms with Gasteiger partial charge in [-0.2, -0.15) is 4.99 Å². The van der Waals surface area contributed by atoms with Crippen molar-refractivity contribution in [2.75, 3.05) is 0 Å². The molecule has 7 heteroatoms. The number of ether oxygens (including phenoxy) is 1. The molecule has 0 aliphatic heterocycles. The van der Waals surface area contributed by atoms with Crippen molar-refractivity contribution < 1.29 is 19.2 Å². The Morgan fingerprint density at radius 1 is 1.43 bits per heavy atom. The molecule has 0 radical (unpaired) electrons. The standard InChI is InChI=1S/C14H16N2O5/c1-9(15-8-17)10-5-6-11(12(7-10)16(19)20)13(18)21-14(2,3)4/h5-7,9H,1-4H3. The SMILES string of the molecule is CC(N=C=O)c1ccc(C(=O)OC(C)(C)C)c([N+](=O)[O-])c1. The number of aliphatic imine (C=N–C) groups is 1. The van der Waals surface area contributed by atoms with Crippen LogP contribution in [0.25, 0.3) is 0 Å². The number of carbonyl (C=O) groups is 1. The minimum Gasteiger partial charge on any atom is -0.456 e. The Balaban J connectivity index is 3.25. The number of hydrogen-bond acceptors (Lipinski definition) is 6. The molecule has 0 aromatic heterocycles. The number of carbonyl (C=O) groups excluding carboxylic acids is 2. The van der Waals surface area contributed by atoms with Gasteiger partial charge in [-0.05, 0) is 39.3 Å². The Hall–Kier alpha value is -2.53. The molecule has 0 heterocycles. The van der Waals surface area contributed by atoms with E-state index in [1.54, 1.807) is 27.7 Å². The van der Waals surface area contributed by atoms with Crippen molar-refractivity contribution >= 4 is 17.7 Å². The van der Waals surface area contributed by atoms with E-state index in [1.165, 1.54) is 24.3 Å². The van der Waals surface area contributed by atoms with Gasteiger partial charge in [0.15, 0.2) is 0 Å². The zero-order valence-corrected chi connectivity index (χ0v) is 12.2. The molecule has 0 aliphatic rings. The molecular weight excluding hydrogens is 276 g/mol. The summed E-state index contributed by atoms with van der Waals surface area (Å²) in [5, 5.41) is 11.1. The van der Waals surface area contributed by atoms with Gasteiger partial charge in [-0.3, -0.25) is 10.1 Å². The summed E-state index contributed by atoms with van der Waals surface area (Å²) >= 11 is 0. The van der Waals surface area contributed by atoms with Gasteiger partial charge in [-0.1, -0.05) is 6.07 Å². The molecule has 0 fully saturated rings. The lowest BCUT2D eigenvalue weighted by atomic mass is 10.0. The number of nitro groups is 1. The van der Waals surface area contributed by atoms with Gasteiger partial charge in [-0.15, -0.1) is 0 Å². The number of rotatable bonds is 4. The van der Waals surface area contributed by atoms with Crippen LogP contribution >= 0.6 is 0 Å². The molecule has 0 aliphatic carbocycles. The monoisotopic (exact) mass is 292 g/mol. The Kier molecular flexibility index (Phi) is 4.94. The Labute approximate surface area is 121 Å². The molecule has 1 aromatic carbocycles. The Morgan fingerprint density at radius 2 is 2.05 bits per heavy atom. The van der Waals surface area contributed by atoms with Crippen LogP contribution < -0.4 is 0 Å². The van der Waals surface area contributed by atoms with Gasteiger partial charge in [0, 0.05) is 6.07 Å². The number of isocyanates is 1. The number of nitro benzene ring substituents is 1. The third kappa shape index (κ3) is 4.50. The van der Waals surface area contributed by atoms with E-state index in [0.29, 0.717) is 5.56 Å². The van der Waals surface area contributed by atoms with E-state index in [-0.39, 0.29) is 11.3 Å². The molecule has 1 unspecified atom stereocenters. The van der Waals surface area contributed by atoms with E-state index < -0.39 is 22.5 Å². The van der Waals surface area contributed by atoms with E-state index in [9.17, 15) is 19.7 Å². The smallest absolute Gasteiger partial charge is 0.345 e. The molecule has 1 atom stereocenters. The first-order chi connectivity index (χ1) is 9.65. The van der Waals surface area contributed by atoms with Crippen LogP contribution in [-0.4, -0.2) is 22.6 Å². The minimum absolute atomic E-state index is 0.138. The van der Waals surface area contributed by atoms with Crippen LogP contribution in [0.2, 0.25) is 0 Å². The van der Waals surface area contributed by atoms with Crippen LogP contribution in [0.4, 0.5) is 5.69 Å². The molecule has 0 N–H and O–H groups in total. The maximum Gasteiger partial charge on any atom is 0.345 e. The first-order valence-electron chi connectivity index (χ1n) is 6.24. The molecule has 0 amide bonds. The fourth-order valence-electron chi connectivity index (χ4n) is 1.62. The molecule has 0 spiro atoms. The third-order valence-corrected chi connectivity index (χ3v) is 2.57. The van der Waals surface area contributed by atoms with Crippen LogP contribution in [0, 0.1) is 10.1 Å². The lowest BCUT2D eigenvalue weighted by Crippen LogP contribution is -2.24. The first-order valence-corrected chi connectivity index (χ1v) is 6.24. The molecule has 1 aromatic rings. The maximum absolute atomic E-state index is 12.0. The summed E-state index contributed by atoms with van der Waals surface area (Å²) in [7, 11) is 0. The van der Waals surface area contributed by atoms with Gasteiger partial charge in [0.2, 0.25) is 6.08 Å². The number of benzene rings is 1. The predicted molar refractivity (Wildman–Crippen MR) is 74.8 cm³/mol. The second-order valence-corrected chi connectivity index (χ2v) is 5.43. The van der Waals surface area contributed by atoms with E-state index in [0.717, 1.165) is 0 Å². The predicted octanol–water partition coefficient (Wildman–Crippen LogP) is 2.95. The summed E-state index contributed by atoms with van der Waals surface area (Å²) in [6.45, 7) is 6.61. The average molecular weight is 292 g/mol. The Morgan fingerprint density at radius 3 is 2.52 bits per heavy atom. The third-order valence-electron chi connectivity index (χ3n) is 2.57. The van der Waals surface area contributed by atoms with Gasteiger partial charge in [-0.25, -0.2) is 9.59 Å². The minimum atomic E-state index is -0.771. The highest BCUT2D eigenvalue weighted by atomic mass is 16.6. The topological polar surface area (TPSA) is 98.9 Å². The lowest BCUT2D eigenvalue weighted by Gasteiger charge is -2.19. The van der Waals surface area contributed by atoms with Crippen molar-refractivity contribution in [3.63, 3.8) is 0 Å². The van der Waals surface area contributed by atoms with E-state index in [4.69, 9.17) is 4.74 Å². The van der Waals surface area contributed by atoms with Crippen molar-refractivity contribution in [3.8, 4) is 0 Å². The van der Waals surface area contributed by atoms with Crippen LogP contribution in [0.1, 0.15) is 49.7 Å². The molecule has 0 saturated carbocycles. The van der Waals surface area contributed by atoms with Crippen molar-refractivity contribution in [1.82, 2.24) is 0 Å². The summed E-state index contributed by atoms with van der Waals surface area (Å²) < 4.78 is 5.13. The van der Waals surface area contributed by atoms with Crippen LogP contribution in [0.15, 0.2) is 23.2 Å². The fraction of sp³-hybridized carbons (Fsp3) is 0.429. The summed E-state index contributed by atoms with van der Waals surface area (Å²) in [5.41, 5.74) is -0.827. The van der Waals surface area contributed by atoms with Gasteiger partial charge in [0.1, 0.15) is 11.2 Å². The fourth-order valence-corrected chi connectivity index (χ4v) is 1.62. The quantitative estimate of drug-likeness (QED) is 0.279. The first kappa shape index (κ1) is 16.5. The van der Waals surface area contributed by atoms with Gasteiger partial charge in [0.25, 0.3) is 5.69 Å². The summed E-state index contributed by atoms with van der Waals surface area (Å²) in [4.78, 5) is 36.2. The van der Waals surface area contributed by atoms with Gasteiger partial charge in [0.05, 0.1) is 11.0 Å². The largest absolute Gasteiger partial charge is 0.456 e. The second-order valence-electron chi connectivity index (χ2n) is 5.43. The number of hydrogen-bond donors (Lipinski definition) is 0. The maximum atomic E-state index is 12.0. The van der Waals surface area contributed by atoms with Crippen LogP contribution in [0.5, 0.6) is 0 Å². The van der Waals surface area contributed by atoms with Gasteiger partial charge >= 0.3 is 5.97 Å².